The van der Waals surface area contributed by atoms with E-state index in [2.05, 4.69) is 28.7 Å². The first kappa shape index (κ1) is 23.2. The maximum atomic E-state index is 11.9. The molecule has 31 heavy (non-hydrogen) atoms. The third-order valence-electron chi connectivity index (χ3n) is 5.63. The van der Waals surface area contributed by atoms with Crippen LogP contribution in [0.3, 0.4) is 0 Å². The van der Waals surface area contributed by atoms with Crippen molar-refractivity contribution in [2.24, 2.45) is 17.3 Å². The second-order valence-corrected chi connectivity index (χ2v) is 10.0. The van der Waals surface area contributed by atoms with Gasteiger partial charge in [0.15, 0.2) is 0 Å². The molecule has 1 aromatic carbocycles. The highest BCUT2D eigenvalue weighted by Crippen LogP contribution is 2.33. The van der Waals surface area contributed by atoms with Gasteiger partial charge in [0.2, 0.25) is 5.91 Å². The molecule has 0 radical (unpaired) electrons. The standard InChI is InChI=1S/C22H24N2O5S2/c1-22(14-31(28)29,21(26)24-27)11-10-20-23-18-9-6-15(12-19(18)30-20)4-2-3-5-16-7-8-17(16)13-25/h6,9,12,16-17,25,27,31H,7-8,10-11,13-14H2,1H3,(H,24,26)/t16-,17+,22+/m1/s1. The predicted molar refractivity (Wildman–Crippen MR) is 119 cm³/mol. The van der Waals surface area contributed by atoms with E-state index in [9.17, 15) is 18.3 Å². The van der Waals surface area contributed by atoms with Crippen LogP contribution < -0.4 is 5.48 Å². The molecule has 164 valence electrons. The fourth-order valence-corrected chi connectivity index (χ4v) is 5.31. The lowest BCUT2D eigenvalue weighted by molar-refractivity contribution is -0.138. The van der Waals surface area contributed by atoms with Gasteiger partial charge in [-0.2, -0.15) is 0 Å². The van der Waals surface area contributed by atoms with Crippen molar-refractivity contribution in [3.63, 3.8) is 0 Å². The highest BCUT2D eigenvalue weighted by Gasteiger charge is 2.34. The summed E-state index contributed by atoms with van der Waals surface area (Å²) in [5, 5.41) is 18.9. The van der Waals surface area contributed by atoms with Gasteiger partial charge in [-0.3, -0.25) is 10.0 Å². The first-order valence-electron chi connectivity index (χ1n) is 9.93. The van der Waals surface area contributed by atoms with E-state index in [0.717, 1.165) is 33.6 Å². The number of thiazole rings is 1. The van der Waals surface area contributed by atoms with Gasteiger partial charge < -0.3 is 5.11 Å². The zero-order valence-electron chi connectivity index (χ0n) is 17.1. The van der Waals surface area contributed by atoms with Gasteiger partial charge in [0.1, 0.15) is 10.7 Å². The number of aliphatic hydroxyl groups is 1. The van der Waals surface area contributed by atoms with E-state index in [4.69, 9.17) is 5.21 Å². The van der Waals surface area contributed by atoms with Crippen LogP contribution in [0, 0.1) is 40.9 Å². The van der Waals surface area contributed by atoms with Crippen LogP contribution in [0.4, 0.5) is 0 Å². The molecule has 3 N–H and O–H groups in total. The predicted octanol–water partition coefficient (Wildman–Crippen LogP) is 1.73. The molecule has 1 aliphatic rings. The Morgan fingerprint density at radius 3 is 2.81 bits per heavy atom. The minimum Gasteiger partial charge on any atom is -0.396 e. The Morgan fingerprint density at radius 2 is 2.16 bits per heavy atom. The molecule has 2 aromatic rings. The third kappa shape index (κ3) is 5.84. The minimum atomic E-state index is -2.77. The zero-order valence-corrected chi connectivity index (χ0v) is 18.8. The number of hydroxylamine groups is 1. The largest absolute Gasteiger partial charge is 0.396 e. The van der Waals surface area contributed by atoms with E-state index in [1.807, 2.05) is 18.2 Å². The number of benzene rings is 1. The van der Waals surface area contributed by atoms with E-state index >= 15 is 0 Å². The van der Waals surface area contributed by atoms with Crippen molar-refractivity contribution in [3.05, 3.63) is 28.8 Å². The number of hydrogen-bond acceptors (Lipinski definition) is 7. The van der Waals surface area contributed by atoms with E-state index in [1.165, 1.54) is 18.3 Å². The van der Waals surface area contributed by atoms with Crippen LogP contribution in [0.25, 0.3) is 10.2 Å². The molecule has 0 unspecified atom stereocenters. The van der Waals surface area contributed by atoms with Crippen molar-refractivity contribution in [3.8, 4) is 23.7 Å². The summed E-state index contributed by atoms with van der Waals surface area (Å²) in [4.78, 5) is 16.5. The number of rotatable bonds is 7. The fraction of sp³-hybridized carbons (Fsp3) is 0.455. The molecule has 1 heterocycles. The molecular formula is C22H24N2O5S2. The molecule has 1 aromatic heterocycles. The quantitative estimate of drug-likeness (QED) is 0.216. The average molecular weight is 461 g/mol. The summed E-state index contributed by atoms with van der Waals surface area (Å²) in [6.07, 6.45) is 2.68. The third-order valence-corrected chi connectivity index (χ3v) is 7.66. The van der Waals surface area contributed by atoms with Gasteiger partial charge in [0, 0.05) is 24.5 Å². The number of nitrogens with one attached hydrogen (secondary N) is 1. The van der Waals surface area contributed by atoms with Crippen molar-refractivity contribution < 1.29 is 23.5 Å². The van der Waals surface area contributed by atoms with E-state index < -0.39 is 22.0 Å². The number of carbonyl (C=O) groups excluding carboxylic acids is 1. The van der Waals surface area contributed by atoms with Gasteiger partial charge >= 0.3 is 0 Å². The van der Waals surface area contributed by atoms with Crippen LogP contribution >= 0.6 is 11.3 Å². The monoisotopic (exact) mass is 460 g/mol. The molecule has 1 fully saturated rings. The van der Waals surface area contributed by atoms with Crippen molar-refractivity contribution in [2.45, 2.75) is 32.6 Å². The zero-order chi connectivity index (χ0) is 22.4. The number of amides is 1. The summed E-state index contributed by atoms with van der Waals surface area (Å²) in [7, 11) is -2.77. The molecule has 0 saturated heterocycles. The second-order valence-electron chi connectivity index (χ2n) is 7.93. The Balaban J connectivity index is 1.69. The molecule has 9 heteroatoms. The number of nitrogens with zero attached hydrogens (tertiary/aromatic N) is 1. The fourth-order valence-electron chi connectivity index (χ4n) is 3.43. The molecule has 0 spiro atoms. The van der Waals surface area contributed by atoms with Crippen LogP contribution in [0.2, 0.25) is 0 Å². The van der Waals surface area contributed by atoms with Crippen molar-refractivity contribution in [1.29, 1.82) is 0 Å². The second kappa shape index (κ2) is 10.3. The van der Waals surface area contributed by atoms with Crippen LogP contribution in [0.1, 0.15) is 36.8 Å². The number of thiol groups is 1. The average Bonchev–Trinajstić information content (AvgIpc) is 3.12. The summed E-state index contributed by atoms with van der Waals surface area (Å²) in [6, 6.07) is 5.67. The summed E-state index contributed by atoms with van der Waals surface area (Å²) in [6.45, 7) is 1.69. The number of hydrogen-bond donors (Lipinski definition) is 4. The Bertz CT molecular complexity index is 1160. The van der Waals surface area contributed by atoms with E-state index in [0.29, 0.717) is 6.42 Å². The number of aliphatic hydroxyl groups excluding tert-OH is 1. The maximum Gasteiger partial charge on any atom is 0.250 e. The number of carbonyl (C=O) groups is 1. The Labute approximate surface area is 186 Å². The maximum absolute atomic E-state index is 11.9. The first-order chi connectivity index (χ1) is 14.8. The molecule has 1 amide bonds. The molecule has 3 atom stereocenters. The van der Waals surface area contributed by atoms with Gasteiger partial charge in [0.05, 0.1) is 26.4 Å². The molecule has 0 bridgehead atoms. The van der Waals surface area contributed by atoms with E-state index in [-0.39, 0.29) is 30.6 Å². The topological polar surface area (TPSA) is 117 Å². The van der Waals surface area contributed by atoms with Crippen LogP contribution in [-0.4, -0.2) is 42.0 Å². The van der Waals surface area contributed by atoms with Crippen molar-refractivity contribution in [1.82, 2.24) is 10.5 Å². The summed E-state index contributed by atoms with van der Waals surface area (Å²) in [5.41, 5.74) is 1.96. The van der Waals surface area contributed by atoms with Gasteiger partial charge in [-0.1, -0.05) is 11.8 Å². The lowest BCUT2D eigenvalue weighted by atomic mass is 9.75. The van der Waals surface area contributed by atoms with Crippen LogP contribution in [-0.2, 0) is 21.9 Å². The number of aryl methyl sites for hydroxylation is 1. The van der Waals surface area contributed by atoms with Crippen LogP contribution in [0.15, 0.2) is 18.2 Å². The number of aromatic nitrogens is 1. The molecule has 3 rings (SSSR count). The Morgan fingerprint density at radius 1 is 1.35 bits per heavy atom. The Hall–Kier alpha value is -2.43. The van der Waals surface area contributed by atoms with Gasteiger partial charge in [-0.05, 0) is 62.1 Å². The molecule has 7 nitrogen and oxygen atoms in total. The molecule has 0 aliphatic heterocycles. The van der Waals surface area contributed by atoms with Crippen molar-refractivity contribution >= 4 is 38.2 Å². The highest BCUT2D eigenvalue weighted by atomic mass is 32.2. The normalized spacial score (nSPS) is 19.5. The summed E-state index contributed by atoms with van der Waals surface area (Å²) >= 11 is 1.46. The Kier molecular flexibility index (Phi) is 7.69. The highest BCUT2D eigenvalue weighted by molar-refractivity contribution is 7.72. The van der Waals surface area contributed by atoms with E-state index in [1.54, 1.807) is 5.48 Å². The molecule has 1 saturated carbocycles. The smallest absolute Gasteiger partial charge is 0.250 e. The molecular weight excluding hydrogens is 436 g/mol. The van der Waals surface area contributed by atoms with Gasteiger partial charge in [-0.15, -0.1) is 11.3 Å². The van der Waals surface area contributed by atoms with Gasteiger partial charge in [0.25, 0.3) is 0 Å². The SMILES string of the molecule is C[C@](CCc1nc2ccc(C#CC#C[C@@H]3CC[C@H]3CO)cc2s1)(C[SH](=O)=O)C(=O)NO. The summed E-state index contributed by atoms with van der Waals surface area (Å²) < 4.78 is 23.2. The number of fused-ring (bicyclic) bond motifs is 1. The lowest BCUT2D eigenvalue weighted by Gasteiger charge is -2.30. The first-order valence-corrected chi connectivity index (χ1v) is 12.1. The minimum absolute atomic E-state index is 0.177. The lowest BCUT2D eigenvalue weighted by Crippen LogP contribution is -2.40. The summed E-state index contributed by atoms with van der Waals surface area (Å²) in [5.74, 6) is 11.3. The van der Waals surface area contributed by atoms with Crippen molar-refractivity contribution in [2.75, 3.05) is 12.4 Å². The van der Waals surface area contributed by atoms with Crippen LogP contribution in [0.5, 0.6) is 0 Å². The molecule has 1 aliphatic carbocycles. The van der Waals surface area contributed by atoms with Gasteiger partial charge in [-0.25, -0.2) is 18.9 Å².